The van der Waals surface area contributed by atoms with Crippen LogP contribution >= 0.6 is 0 Å². The molecule has 3 aromatic carbocycles. The Kier molecular flexibility index (Phi) is 7.47. The molecule has 0 saturated heterocycles. The second-order valence-electron chi connectivity index (χ2n) is 10.0. The Balaban J connectivity index is 1.58. The van der Waals surface area contributed by atoms with E-state index in [-0.39, 0.29) is 17.5 Å². The molecule has 0 bridgehead atoms. The first kappa shape index (κ1) is 25.8. The minimum Gasteiger partial charge on any atom is -0.495 e. The van der Waals surface area contributed by atoms with Crippen LogP contribution in [0.25, 0.3) is 10.8 Å². The Morgan fingerprint density at radius 3 is 2.30 bits per heavy atom. The molecule has 37 heavy (non-hydrogen) atoms. The van der Waals surface area contributed by atoms with Crippen LogP contribution in [0.4, 0.5) is 22.1 Å². The van der Waals surface area contributed by atoms with Gasteiger partial charge in [0.1, 0.15) is 11.5 Å². The van der Waals surface area contributed by atoms with Crippen LogP contribution in [-0.2, 0) is 5.41 Å². The van der Waals surface area contributed by atoms with Gasteiger partial charge < -0.3 is 25.4 Å². The van der Waals surface area contributed by atoms with Crippen molar-refractivity contribution in [1.82, 2.24) is 9.97 Å². The largest absolute Gasteiger partial charge is 0.495 e. The van der Waals surface area contributed by atoms with Crippen molar-refractivity contribution in [3.05, 3.63) is 72.4 Å². The molecule has 1 heterocycles. The maximum absolute atomic E-state index is 13.0. The van der Waals surface area contributed by atoms with Crippen molar-refractivity contribution < 1.29 is 14.3 Å². The molecule has 0 unspecified atom stereocenters. The third-order valence-corrected chi connectivity index (χ3v) is 5.71. The van der Waals surface area contributed by atoms with Crippen molar-refractivity contribution in [2.45, 2.75) is 46.1 Å². The number of aromatic nitrogens is 2. The van der Waals surface area contributed by atoms with Crippen molar-refractivity contribution in [3.8, 4) is 17.4 Å². The second kappa shape index (κ2) is 10.7. The average molecular weight is 500 g/mol. The summed E-state index contributed by atoms with van der Waals surface area (Å²) in [6.45, 7) is 10.4. The molecule has 1 aromatic heterocycles. The van der Waals surface area contributed by atoms with Crippen LogP contribution in [0.3, 0.4) is 0 Å². The number of rotatable bonds is 7. The molecule has 0 aliphatic heterocycles. The van der Waals surface area contributed by atoms with E-state index in [2.05, 4.69) is 46.7 Å². The first-order chi connectivity index (χ1) is 17.6. The van der Waals surface area contributed by atoms with E-state index in [9.17, 15) is 4.79 Å². The predicted molar refractivity (Wildman–Crippen MR) is 149 cm³/mol. The number of methoxy groups -OCH3 is 1. The summed E-state index contributed by atoms with van der Waals surface area (Å²) in [4.78, 5) is 21.7. The number of fused-ring (bicyclic) bond motifs is 1. The summed E-state index contributed by atoms with van der Waals surface area (Å²) in [5, 5.41) is 10.7. The maximum atomic E-state index is 13.0. The van der Waals surface area contributed by atoms with E-state index in [0.717, 1.165) is 16.3 Å². The van der Waals surface area contributed by atoms with Gasteiger partial charge in [-0.05, 0) is 49.1 Å². The highest BCUT2D eigenvalue weighted by molar-refractivity contribution is 6.08. The molecule has 0 fully saturated rings. The molecule has 0 aliphatic rings. The van der Waals surface area contributed by atoms with Crippen LogP contribution in [0, 0.1) is 0 Å². The van der Waals surface area contributed by atoms with Gasteiger partial charge in [0, 0.05) is 29.1 Å². The molecule has 2 amide bonds. The van der Waals surface area contributed by atoms with E-state index < -0.39 is 0 Å². The predicted octanol–water partition coefficient (Wildman–Crippen LogP) is 7.19. The number of urea groups is 1. The number of carbonyl (C=O) groups is 1. The molecule has 0 radical (unpaired) electrons. The van der Waals surface area contributed by atoms with Crippen LogP contribution in [0.1, 0.15) is 40.2 Å². The summed E-state index contributed by atoms with van der Waals surface area (Å²) in [6, 6.07) is 18.7. The first-order valence-corrected chi connectivity index (χ1v) is 12.2. The summed E-state index contributed by atoms with van der Waals surface area (Å²) < 4.78 is 11.6. The number of carbonyl (C=O) groups excluding carboxylic acids is 1. The third-order valence-electron chi connectivity index (χ3n) is 5.71. The fourth-order valence-electron chi connectivity index (χ4n) is 3.86. The van der Waals surface area contributed by atoms with Crippen molar-refractivity contribution in [2.24, 2.45) is 0 Å². The van der Waals surface area contributed by atoms with Crippen molar-refractivity contribution in [2.75, 3.05) is 23.1 Å². The fourth-order valence-corrected chi connectivity index (χ4v) is 3.86. The maximum Gasteiger partial charge on any atom is 0.323 e. The van der Waals surface area contributed by atoms with Crippen LogP contribution in [0.15, 0.2) is 66.9 Å². The summed E-state index contributed by atoms with van der Waals surface area (Å²) in [5.41, 5.74) is 2.27. The Morgan fingerprint density at radius 1 is 0.892 bits per heavy atom. The smallest absolute Gasteiger partial charge is 0.323 e. The second-order valence-corrected chi connectivity index (χ2v) is 10.0. The monoisotopic (exact) mass is 499 g/mol. The van der Waals surface area contributed by atoms with Gasteiger partial charge in [0.15, 0.2) is 0 Å². The summed E-state index contributed by atoms with van der Waals surface area (Å²) >= 11 is 0. The molecule has 0 aliphatic carbocycles. The first-order valence-electron chi connectivity index (χ1n) is 12.2. The zero-order chi connectivity index (χ0) is 26.6. The number of hydrogen-bond acceptors (Lipinski definition) is 6. The summed E-state index contributed by atoms with van der Waals surface area (Å²) in [6.07, 6.45) is 1.65. The number of benzene rings is 3. The molecule has 3 N–H and O–H groups in total. The number of anilines is 3. The van der Waals surface area contributed by atoms with E-state index in [0.29, 0.717) is 34.7 Å². The standard InChI is InChI=1S/C29H33N5O3/c1-18(2)31-27-30-16-15-26(34-27)37-24-14-12-22(20-9-7-8-10-21(20)24)32-28(35)33-23-17-19(29(3,4)5)11-13-25(23)36-6/h7-18H,1-6H3,(H,30,31,34)(H2,32,33,35). The highest BCUT2D eigenvalue weighted by atomic mass is 16.5. The van der Waals surface area contributed by atoms with Gasteiger partial charge in [-0.1, -0.05) is 51.1 Å². The number of amides is 2. The number of nitrogens with zero attached hydrogens (tertiary/aromatic N) is 2. The number of nitrogens with one attached hydrogen (secondary N) is 3. The molecular weight excluding hydrogens is 466 g/mol. The van der Waals surface area contributed by atoms with Crippen molar-refractivity contribution in [3.63, 3.8) is 0 Å². The molecule has 0 spiro atoms. The lowest BCUT2D eigenvalue weighted by Gasteiger charge is -2.21. The van der Waals surface area contributed by atoms with Crippen LogP contribution in [0.2, 0.25) is 0 Å². The van der Waals surface area contributed by atoms with Gasteiger partial charge in [0.2, 0.25) is 11.8 Å². The Morgan fingerprint density at radius 2 is 1.59 bits per heavy atom. The van der Waals surface area contributed by atoms with E-state index in [1.807, 2.05) is 68.4 Å². The van der Waals surface area contributed by atoms with E-state index >= 15 is 0 Å². The Bertz CT molecular complexity index is 1410. The van der Waals surface area contributed by atoms with Gasteiger partial charge in [-0.25, -0.2) is 9.78 Å². The van der Waals surface area contributed by atoms with Crippen LogP contribution < -0.4 is 25.4 Å². The SMILES string of the molecule is COc1ccc(C(C)(C)C)cc1NC(=O)Nc1ccc(Oc2ccnc(NC(C)C)n2)c2ccccc12. The summed E-state index contributed by atoms with van der Waals surface area (Å²) in [5.74, 6) is 2.13. The van der Waals surface area contributed by atoms with Gasteiger partial charge in [-0.15, -0.1) is 0 Å². The molecule has 4 aromatic rings. The molecule has 8 heteroatoms. The van der Waals surface area contributed by atoms with Gasteiger partial charge in [0.05, 0.1) is 18.5 Å². The molecular formula is C29H33N5O3. The lowest BCUT2D eigenvalue weighted by molar-refractivity contribution is 0.262. The topological polar surface area (TPSA) is 97.4 Å². The minimum atomic E-state index is -0.372. The zero-order valence-corrected chi connectivity index (χ0v) is 22.0. The molecule has 0 atom stereocenters. The Labute approximate surface area is 217 Å². The lowest BCUT2D eigenvalue weighted by atomic mass is 9.87. The van der Waals surface area contributed by atoms with E-state index in [4.69, 9.17) is 9.47 Å². The van der Waals surface area contributed by atoms with Crippen LogP contribution in [-0.4, -0.2) is 29.2 Å². The Hall–Kier alpha value is -4.33. The van der Waals surface area contributed by atoms with E-state index in [1.54, 1.807) is 19.4 Å². The molecule has 4 rings (SSSR count). The van der Waals surface area contributed by atoms with Crippen LogP contribution in [0.5, 0.6) is 17.4 Å². The minimum absolute atomic E-state index is 0.0690. The zero-order valence-electron chi connectivity index (χ0n) is 22.0. The fraction of sp³-hybridized carbons (Fsp3) is 0.276. The normalized spacial score (nSPS) is 11.3. The molecule has 8 nitrogen and oxygen atoms in total. The van der Waals surface area contributed by atoms with E-state index in [1.165, 1.54) is 0 Å². The third kappa shape index (κ3) is 6.27. The van der Waals surface area contributed by atoms with Crippen molar-refractivity contribution >= 4 is 34.1 Å². The lowest BCUT2D eigenvalue weighted by Crippen LogP contribution is -2.21. The van der Waals surface area contributed by atoms with Crippen molar-refractivity contribution in [1.29, 1.82) is 0 Å². The highest BCUT2D eigenvalue weighted by Gasteiger charge is 2.18. The number of ether oxygens (including phenoxy) is 2. The molecule has 192 valence electrons. The van der Waals surface area contributed by atoms with Gasteiger partial charge in [-0.2, -0.15) is 4.98 Å². The highest BCUT2D eigenvalue weighted by Crippen LogP contribution is 2.35. The van der Waals surface area contributed by atoms with Gasteiger partial charge >= 0.3 is 6.03 Å². The molecule has 0 saturated carbocycles. The average Bonchev–Trinajstić information content (AvgIpc) is 2.85. The quantitative estimate of drug-likeness (QED) is 0.249. The number of hydrogen-bond donors (Lipinski definition) is 3. The van der Waals surface area contributed by atoms with Gasteiger partial charge in [-0.3, -0.25) is 0 Å². The van der Waals surface area contributed by atoms with Gasteiger partial charge in [0.25, 0.3) is 0 Å². The summed E-state index contributed by atoms with van der Waals surface area (Å²) in [7, 11) is 1.58.